The molecule has 0 unspecified atom stereocenters. The van der Waals surface area contributed by atoms with Crippen molar-refractivity contribution in [1.29, 1.82) is 0 Å². The summed E-state index contributed by atoms with van der Waals surface area (Å²) in [5.74, 6) is 0. The van der Waals surface area contributed by atoms with Gasteiger partial charge >= 0.3 is 0 Å². The van der Waals surface area contributed by atoms with Crippen molar-refractivity contribution in [3.63, 3.8) is 0 Å². The van der Waals surface area contributed by atoms with Crippen LogP contribution in [-0.2, 0) is 5.41 Å². The van der Waals surface area contributed by atoms with E-state index in [9.17, 15) is 0 Å². The van der Waals surface area contributed by atoms with Crippen LogP contribution in [0, 0.1) is 6.92 Å². The van der Waals surface area contributed by atoms with Gasteiger partial charge in [-0.1, -0.05) is 78.9 Å². The summed E-state index contributed by atoms with van der Waals surface area (Å²) in [6.45, 7) is 2.20. The van der Waals surface area contributed by atoms with E-state index in [0.29, 0.717) is 0 Å². The van der Waals surface area contributed by atoms with E-state index in [1.165, 1.54) is 50.1 Å². The van der Waals surface area contributed by atoms with Crippen molar-refractivity contribution in [3.8, 4) is 22.3 Å². The van der Waals surface area contributed by atoms with E-state index in [1.54, 1.807) is 0 Å². The molecule has 0 radical (unpaired) electrons. The maximum Gasteiger partial charge on any atom is 0.0726 e. The second-order valence-electron chi connectivity index (χ2n) is 7.61. The second-order valence-corrected chi connectivity index (χ2v) is 7.61. The maximum absolute atomic E-state index is 6.55. The average Bonchev–Trinajstić information content (AvgIpc) is 3.17. The lowest BCUT2D eigenvalue weighted by atomic mass is 9.70. The standard InChI is InChI=1S/C26H19N/c1-16-8-6-13-21-24(16)25-22(14-7-15-23(25)27)26(21)19-11-4-2-9-17(19)18-10-3-5-12-20(18)26/h2-15H,27H2,1H3. The number of aryl methyl sites for hydroxylation is 1. The number of nitrogens with two attached hydrogens (primary N) is 1. The van der Waals surface area contributed by atoms with E-state index < -0.39 is 0 Å². The van der Waals surface area contributed by atoms with Crippen molar-refractivity contribution in [2.24, 2.45) is 0 Å². The lowest BCUT2D eigenvalue weighted by molar-refractivity contribution is 0.793. The van der Waals surface area contributed by atoms with Gasteiger partial charge in [0.1, 0.15) is 0 Å². The fourth-order valence-corrected chi connectivity index (χ4v) is 5.43. The molecule has 27 heavy (non-hydrogen) atoms. The zero-order valence-electron chi connectivity index (χ0n) is 15.2. The molecule has 0 aromatic heterocycles. The molecule has 2 aliphatic carbocycles. The first-order chi connectivity index (χ1) is 13.2. The highest BCUT2D eigenvalue weighted by Gasteiger charge is 2.52. The molecule has 0 atom stereocenters. The highest BCUT2D eigenvalue weighted by atomic mass is 14.6. The lowest BCUT2D eigenvalue weighted by Gasteiger charge is -2.30. The van der Waals surface area contributed by atoms with Crippen LogP contribution in [0.2, 0.25) is 0 Å². The van der Waals surface area contributed by atoms with Gasteiger partial charge in [-0.2, -0.15) is 0 Å². The van der Waals surface area contributed by atoms with Crippen LogP contribution >= 0.6 is 0 Å². The molecule has 0 aliphatic heterocycles. The van der Waals surface area contributed by atoms with E-state index in [1.807, 2.05) is 6.07 Å². The van der Waals surface area contributed by atoms with E-state index in [2.05, 4.69) is 85.8 Å². The Morgan fingerprint density at radius 3 is 1.74 bits per heavy atom. The van der Waals surface area contributed by atoms with Crippen LogP contribution in [-0.4, -0.2) is 0 Å². The fourth-order valence-electron chi connectivity index (χ4n) is 5.43. The minimum absolute atomic E-state index is 0.279. The number of hydrogen-bond donors (Lipinski definition) is 1. The molecule has 0 amide bonds. The third-order valence-electron chi connectivity index (χ3n) is 6.38. The van der Waals surface area contributed by atoms with Crippen LogP contribution in [0.3, 0.4) is 0 Å². The Morgan fingerprint density at radius 1 is 0.556 bits per heavy atom. The molecular formula is C26H19N. The molecule has 0 fully saturated rings. The van der Waals surface area contributed by atoms with Gasteiger partial charge in [-0.3, -0.25) is 0 Å². The summed E-state index contributed by atoms with van der Waals surface area (Å²) in [5, 5.41) is 0. The van der Waals surface area contributed by atoms with Crippen LogP contribution in [0.25, 0.3) is 22.3 Å². The summed E-state index contributed by atoms with van der Waals surface area (Å²) in [4.78, 5) is 0. The van der Waals surface area contributed by atoms with Gasteiger partial charge in [-0.15, -0.1) is 0 Å². The monoisotopic (exact) mass is 345 g/mol. The number of fused-ring (bicyclic) bond motifs is 10. The summed E-state index contributed by atoms with van der Waals surface area (Å²) in [6, 6.07) is 30.7. The summed E-state index contributed by atoms with van der Waals surface area (Å²) in [5.41, 5.74) is 19.0. The molecule has 0 bridgehead atoms. The molecule has 4 aromatic carbocycles. The number of rotatable bonds is 0. The van der Waals surface area contributed by atoms with E-state index in [-0.39, 0.29) is 5.41 Å². The van der Waals surface area contributed by atoms with Gasteiger partial charge in [-0.05, 0) is 57.5 Å². The Bertz CT molecular complexity index is 1150. The first kappa shape index (κ1) is 14.8. The molecule has 4 aromatic rings. The summed E-state index contributed by atoms with van der Waals surface area (Å²) in [6.07, 6.45) is 0. The minimum atomic E-state index is -0.279. The topological polar surface area (TPSA) is 26.0 Å². The molecule has 1 spiro atoms. The molecule has 0 saturated heterocycles. The van der Waals surface area contributed by atoms with E-state index in [4.69, 9.17) is 5.73 Å². The van der Waals surface area contributed by atoms with Crippen molar-refractivity contribution >= 4 is 5.69 Å². The molecule has 1 heteroatoms. The Labute approximate surface area is 159 Å². The zero-order valence-corrected chi connectivity index (χ0v) is 15.2. The van der Waals surface area contributed by atoms with Crippen molar-refractivity contribution < 1.29 is 0 Å². The van der Waals surface area contributed by atoms with Crippen molar-refractivity contribution in [3.05, 3.63) is 113 Å². The van der Waals surface area contributed by atoms with Gasteiger partial charge in [0.25, 0.3) is 0 Å². The average molecular weight is 345 g/mol. The number of nitrogen functional groups attached to an aromatic ring is 1. The van der Waals surface area contributed by atoms with Gasteiger partial charge in [0.2, 0.25) is 0 Å². The molecule has 2 aliphatic rings. The van der Waals surface area contributed by atoms with Crippen LogP contribution in [0.5, 0.6) is 0 Å². The third kappa shape index (κ3) is 1.57. The van der Waals surface area contributed by atoms with Crippen LogP contribution in [0.15, 0.2) is 84.9 Å². The predicted molar refractivity (Wildman–Crippen MR) is 112 cm³/mol. The molecule has 1 nitrogen and oxygen atoms in total. The largest absolute Gasteiger partial charge is 0.398 e. The minimum Gasteiger partial charge on any atom is -0.398 e. The Hall–Kier alpha value is -3.32. The smallest absolute Gasteiger partial charge is 0.0726 e. The van der Waals surface area contributed by atoms with E-state index >= 15 is 0 Å². The van der Waals surface area contributed by atoms with Gasteiger partial charge in [-0.25, -0.2) is 0 Å². The van der Waals surface area contributed by atoms with Crippen molar-refractivity contribution in [2.75, 3.05) is 5.73 Å². The predicted octanol–water partition coefficient (Wildman–Crippen LogP) is 5.92. The fraction of sp³-hybridized carbons (Fsp3) is 0.0769. The Morgan fingerprint density at radius 2 is 1.07 bits per heavy atom. The second kappa shape index (κ2) is 4.89. The SMILES string of the molecule is Cc1cccc2c1-c1c(N)cccc1C21c2ccccc2-c2ccccc21. The summed E-state index contributed by atoms with van der Waals surface area (Å²) in [7, 11) is 0. The zero-order chi connectivity index (χ0) is 18.2. The summed E-state index contributed by atoms with van der Waals surface area (Å²) >= 11 is 0. The normalized spacial score (nSPS) is 14.6. The van der Waals surface area contributed by atoms with Gasteiger partial charge in [0, 0.05) is 11.3 Å². The molecule has 6 rings (SSSR count). The maximum atomic E-state index is 6.55. The first-order valence-electron chi connectivity index (χ1n) is 9.43. The molecule has 0 saturated carbocycles. The third-order valence-corrected chi connectivity index (χ3v) is 6.38. The Kier molecular flexibility index (Phi) is 2.68. The molecule has 2 N–H and O–H groups in total. The number of benzene rings is 4. The highest BCUT2D eigenvalue weighted by molar-refractivity contribution is 5.99. The van der Waals surface area contributed by atoms with Gasteiger partial charge in [0.15, 0.2) is 0 Å². The van der Waals surface area contributed by atoms with Gasteiger partial charge in [0.05, 0.1) is 5.41 Å². The summed E-state index contributed by atoms with van der Waals surface area (Å²) < 4.78 is 0. The molecule has 0 heterocycles. The number of hydrogen-bond acceptors (Lipinski definition) is 1. The quantitative estimate of drug-likeness (QED) is 0.340. The van der Waals surface area contributed by atoms with E-state index in [0.717, 1.165) is 5.69 Å². The molecule has 128 valence electrons. The van der Waals surface area contributed by atoms with Crippen LogP contribution < -0.4 is 5.73 Å². The highest BCUT2D eigenvalue weighted by Crippen LogP contribution is 2.63. The number of anilines is 1. The lowest BCUT2D eigenvalue weighted by Crippen LogP contribution is -2.25. The van der Waals surface area contributed by atoms with Gasteiger partial charge < -0.3 is 5.73 Å². The Balaban J connectivity index is 1.90. The van der Waals surface area contributed by atoms with Crippen molar-refractivity contribution in [2.45, 2.75) is 12.3 Å². The molecular weight excluding hydrogens is 326 g/mol. The van der Waals surface area contributed by atoms with Crippen LogP contribution in [0.4, 0.5) is 5.69 Å². The van der Waals surface area contributed by atoms with Crippen molar-refractivity contribution in [1.82, 2.24) is 0 Å². The first-order valence-corrected chi connectivity index (χ1v) is 9.43. The van der Waals surface area contributed by atoms with Crippen LogP contribution in [0.1, 0.15) is 27.8 Å².